The van der Waals surface area contributed by atoms with E-state index in [0.29, 0.717) is 11.1 Å². The van der Waals surface area contributed by atoms with E-state index in [9.17, 15) is 5.11 Å². The Morgan fingerprint density at radius 1 is 0.917 bits per heavy atom. The number of oxazole rings is 1. The van der Waals surface area contributed by atoms with Crippen molar-refractivity contribution >= 4 is 11.8 Å². The van der Waals surface area contributed by atoms with E-state index in [0.717, 1.165) is 59.7 Å². The Bertz CT molecular complexity index is 1120. The van der Waals surface area contributed by atoms with Crippen LogP contribution in [0.3, 0.4) is 0 Å². The van der Waals surface area contributed by atoms with E-state index in [1.165, 1.54) is 44.5 Å². The number of piperidine rings is 3. The Labute approximate surface area is 219 Å². The molecular weight excluding hydrogens is 464 g/mol. The molecule has 190 valence electrons. The van der Waals surface area contributed by atoms with Gasteiger partial charge < -0.3 is 14.0 Å². The molecular formula is C31H39N2O2S+. The number of aromatic nitrogens is 1. The lowest BCUT2D eigenvalue weighted by atomic mass is 9.73. The maximum atomic E-state index is 12.2. The Balaban J connectivity index is 1.20. The van der Waals surface area contributed by atoms with E-state index in [2.05, 4.69) is 42.1 Å². The third-order valence-corrected chi connectivity index (χ3v) is 10.6. The predicted octanol–water partition coefficient (Wildman–Crippen LogP) is 6.53. The molecule has 4 nitrogen and oxygen atoms in total. The minimum Gasteiger partial charge on any atom is -0.436 e. The number of nitrogens with zero attached hydrogens (tertiary/aromatic N) is 2. The minimum atomic E-state index is -1.15. The van der Waals surface area contributed by atoms with Gasteiger partial charge >= 0.3 is 0 Å². The number of hydrogen-bond acceptors (Lipinski definition) is 4. The highest BCUT2D eigenvalue weighted by Gasteiger charge is 2.48. The van der Waals surface area contributed by atoms with Gasteiger partial charge in [-0.2, -0.15) is 0 Å². The van der Waals surface area contributed by atoms with Crippen molar-refractivity contribution in [3.8, 4) is 0 Å². The summed E-state index contributed by atoms with van der Waals surface area (Å²) in [5.74, 6) is 3.52. The molecule has 36 heavy (non-hydrogen) atoms. The number of benzene rings is 2. The largest absolute Gasteiger partial charge is 0.436 e. The normalized spacial score (nSPS) is 28.1. The molecule has 0 spiro atoms. The summed E-state index contributed by atoms with van der Waals surface area (Å²) in [5.41, 5.74) is 1.19. The fourth-order valence-electron chi connectivity index (χ4n) is 7.04. The van der Waals surface area contributed by atoms with Crippen LogP contribution >= 0.6 is 11.8 Å². The van der Waals surface area contributed by atoms with Crippen molar-refractivity contribution in [3.05, 3.63) is 89.6 Å². The molecule has 3 aromatic rings. The first kappa shape index (κ1) is 24.3. The van der Waals surface area contributed by atoms with Crippen molar-refractivity contribution in [1.82, 2.24) is 4.98 Å². The van der Waals surface area contributed by atoms with E-state index < -0.39 is 5.60 Å². The quantitative estimate of drug-likeness (QED) is 0.355. The smallest absolute Gasteiger partial charge is 0.231 e. The summed E-state index contributed by atoms with van der Waals surface area (Å²) >= 11 is 2.15. The lowest BCUT2D eigenvalue weighted by Crippen LogP contribution is -2.62. The first-order valence-corrected chi connectivity index (χ1v) is 14.9. The molecule has 5 heteroatoms. The van der Waals surface area contributed by atoms with E-state index in [1.54, 1.807) is 0 Å². The van der Waals surface area contributed by atoms with Crippen molar-refractivity contribution < 1.29 is 14.0 Å². The van der Waals surface area contributed by atoms with Crippen LogP contribution in [0.15, 0.2) is 71.3 Å². The summed E-state index contributed by atoms with van der Waals surface area (Å²) in [6, 6.07) is 21.0. The Morgan fingerprint density at radius 2 is 1.61 bits per heavy atom. The van der Waals surface area contributed by atoms with Crippen LogP contribution in [0.4, 0.5) is 0 Å². The van der Waals surface area contributed by atoms with E-state index in [4.69, 9.17) is 9.40 Å². The summed E-state index contributed by atoms with van der Waals surface area (Å²) in [6.07, 6.45) is 10.1. The van der Waals surface area contributed by atoms with Gasteiger partial charge in [-0.3, -0.25) is 0 Å². The van der Waals surface area contributed by atoms with Gasteiger partial charge in [-0.05, 0) is 29.9 Å². The van der Waals surface area contributed by atoms with Crippen LogP contribution in [0.25, 0.3) is 0 Å². The Morgan fingerprint density at radius 3 is 2.33 bits per heavy atom. The lowest BCUT2D eigenvalue weighted by molar-refractivity contribution is -0.954. The Hall–Kier alpha value is -2.08. The molecule has 2 bridgehead atoms. The van der Waals surface area contributed by atoms with Crippen LogP contribution in [0, 0.1) is 11.8 Å². The van der Waals surface area contributed by atoms with Gasteiger partial charge in [0.15, 0.2) is 11.4 Å². The molecule has 2 aromatic carbocycles. The van der Waals surface area contributed by atoms with Gasteiger partial charge in [0, 0.05) is 24.5 Å². The van der Waals surface area contributed by atoms with Gasteiger partial charge in [0.25, 0.3) is 0 Å². The minimum absolute atomic E-state index is 0.150. The average Bonchev–Trinajstić information content (AvgIpc) is 3.42. The van der Waals surface area contributed by atoms with Crippen molar-refractivity contribution in [2.24, 2.45) is 11.8 Å². The summed E-state index contributed by atoms with van der Waals surface area (Å²) in [4.78, 5) is 4.75. The summed E-state index contributed by atoms with van der Waals surface area (Å²) in [7, 11) is 0. The third-order valence-electron chi connectivity index (χ3n) is 9.13. The number of quaternary nitrogens is 1. The second kappa shape index (κ2) is 10.4. The first-order valence-electron chi connectivity index (χ1n) is 13.9. The van der Waals surface area contributed by atoms with E-state index in [-0.39, 0.29) is 5.92 Å². The zero-order valence-corrected chi connectivity index (χ0v) is 22.0. The van der Waals surface area contributed by atoms with Crippen molar-refractivity contribution in [2.45, 2.75) is 68.1 Å². The highest BCUT2D eigenvalue weighted by Crippen LogP contribution is 2.45. The monoisotopic (exact) mass is 503 g/mol. The third kappa shape index (κ3) is 4.78. The zero-order valence-electron chi connectivity index (χ0n) is 21.2. The van der Waals surface area contributed by atoms with Gasteiger partial charge in [0.2, 0.25) is 5.89 Å². The molecule has 2 atom stereocenters. The van der Waals surface area contributed by atoms with Crippen molar-refractivity contribution in [1.29, 1.82) is 0 Å². The molecule has 7 rings (SSSR count). The molecule has 4 heterocycles. The summed E-state index contributed by atoms with van der Waals surface area (Å²) in [6.45, 7) is 4.56. The predicted molar refractivity (Wildman–Crippen MR) is 145 cm³/mol. The number of hydrogen-bond donors (Lipinski definition) is 1. The zero-order chi connectivity index (χ0) is 24.4. The van der Waals surface area contributed by atoms with Gasteiger partial charge in [-0.15, -0.1) is 11.8 Å². The molecule has 1 aromatic heterocycles. The van der Waals surface area contributed by atoms with Crippen LogP contribution < -0.4 is 0 Å². The number of thioether (sulfide) groups is 1. The summed E-state index contributed by atoms with van der Waals surface area (Å²) in [5, 5.41) is 12.9. The molecule has 1 N–H and O–H groups in total. The van der Waals surface area contributed by atoms with Crippen LogP contribution in [-0.4, -0.2) is 39.5 Å². The first-order chi connectivity index (χ1) is 17.6. The van der Waals surface area contributed by atoms with Crippen LogP contribution in [0.1, 0.15) is 67.7 Å². The van der Waals surface area contributed by atoms with Crippen molar-refractivity contribution in [2.75, 3.05) is 19.6 Å². The fraction of sp³-hybridized carbons (Fsp3) is 0.516. The second-order valence-electron chi connectivity index (χ2n) is 11.4. The molecule has 3 saturated heterocycles. The lowest BCUT2D eigenvalue weighted by Gasteiger charge is -2.52. The van der Waals surface area contributed by atoms with Crippen LogP contribution in [0.2, 0.25) is 0 Å². The van der Waals surface area contributed by atoms with Gasteiger partial charge in [0.1, 0.15) is 6.54 Å². The fourth-order valence-corrected chi connectivity index (χ4v) is 8.61. The number of aliphatic hydroxyl groups is 1. The molecule has 0 radical (unpaired) electrons. The topological polar surface area (TPSA) is 46.3 Å². The molecule has 0 amide bonds. The molecule has 4 aliphatic rings. The highest BCUT2D eigenvalue weighted by atomic mass is 32.2. The second-order valence-corrected chi connectivity index (χ2v) is 12.6. The van der Waals surface area contributed by atoms with Gasteiger partial charge in [-0.25, -0.2) is 4.98 Å². The van der Waals surface area contributed by atoms with Crippen molar-refractivity contribution in [3.63, 3.8) is 0 Å². The molecule has 4 fully saturated rings. The van der Waals surface area contributed by atoms with Crippen LogP contribution in [-0.2, 0) is 17.9 Å². The summed E-state index contributed by atoms with van der Waals surface area (Å²) < 4.78 is 7.59. The average molecular weight is 504 g/mol. The molecule has 1 aliphatic carbocycles. The maximum Gasteiger partial charge on any atom is 0.231 e. The van der Waals surface area contributed by atoms with E-state index >= 15 is 0 Å². The Kier molecular flexibility index (Phi) is 6.98. The maximum absolute atomic E-state index is 12.2. The number of rotatable bonds is 8. The molecule has 1 saturated carbocycles. The standard InChI is InChI=1S/C31H39N2O2S/c34-31(26-12-6-2-7-13-26,27-14-8-3-9-15-27)30-32-20-28(35-30)21-33-18-16-25(17-19-33)29(22-33)36-23-24-10-4-1-5-11-24/h1-2,4-7,10-13,20,25,27,29,34H,3,8-9,14-19,21-23H2/q+1/t25?,29?,31-,33?/m0/s1. The van der Waals surface area contributed by atoms with Crippen LogP contribution in [0.5, 0.6) is 0 Å². The SMILES string of the molecule is O[C@](c1ccccc1)(c1ncc(C[N+]23CCC(CC2)C(SCc2ccccc2)C3)o1)C1CCCCC1. The molecule has 1 unspecified atom stereocenters. The highest BCUT2D eigenvalue weighted by molar-refractivity contribution is 7.99. The number of fused-ring (bicyclic) bond motifs is 3. The van der Waals surface area contributed by atoms with Gasteiger partial charge in [-0.1, -0.05) is 79.9 Å². The van der Waals surface area contributed by atoms with E-state index in [1.807, 2.05) is 36.5 Å². The molecule has 3 aliphatic heterocycles. The van der Waals surface area contributed by atoms with Gasteiger partial charge in [0.05, 0.1) is 31.1 Å².